The molecule has 0 aliphatic carbocycles. The quantitative estimate of drug-likeness (QED) is 0.931. The molecule has 20 heavy (non-hydrogen) atoms. The van der Waals surface area contributed by atoms with Crippen molar-refractivity contribution >= 4 is 21.9 Å². The topological polar surface area (TPSA) is 59.3 Å². The molecule has 1 atom stereocenters. The molecular formula is C14H11BrFNO3. The smallest absolute Gasteiger partial charge is 0.327 e. The van der Waals surface area contributed by atoms with E-state index in [9.17, 15) is 19.1 Å². The molecule has 2 rings (SSSR count). The van der Waals surface area contributed by atoms with Crippen molar-refractivity contribution in [3.05, 3.63) is 68.8 Å². The number of carboxylic acid groups (broad SMARTS) is 1. The van der Waals surface area contributed by atoms with Crippen molar-refractivity contribution in [2.45, 2.75) is 12.5 Å². The van der Waals surface area contributed by atoms with Gasteiger partial charge in [-0.1, -0.05) is 28.1 Å². The fraction of sp³-hybridized carbons (Fsp3) is 0.143. The second kappa shape index (κ2) is 6.00. The fourth-order valence-corrected chi connectivity index (χ4v) is 2.19. The van der Waals surface area contributed by atoms with Crippen LogP contribution < -0.4 is 5.56 Å². The number of aliphatic carboxylic acids is 1. The van der Waals surface area contributed by atoms with Crippen molar-refractivity contribution in [2.24, 2.45) is 0 Å². The standard InChI is InChI=1S/C14H11BrFNO3/c15-10-5-6-17(13(18)8-10)12(14(19)20)7-9-1-3-11(16)4-2-9/h1-6,8,12H,7H2,(H,19,20). The van der Waals surface area contributed by atoms with Gasteiger partial charge in [0.25, 0.3) is 5.56 Å². The highest BCUT2D eigenvalue weighted by molar-refractivity contribution is 9.10. The minimum atomic E-state index is -1.11. The average Bonchev–Trinajstić information content (AvgIpc) is 2.39. The van der Waals surface area contributed by atoms with E-state index in [1.54, 1.807) is 6.07 Å². The van der Waals surface area contributed by atoms with Gasteiger partial charge in [-0.15, -0.1) is 0 Å². The highest BCUT2D eigenvalue weighted by Gasteiger charge is 2.21. The molecular weight excluding hydrogens is 329 g/mol. The lowest BCUT2D eigenvalue weighted by Gasteiger charge is -2.15. The van der Waals surface area contributed by atoms with Gasteiger partial charge >= 0.3 is 5.97 Å². The lowest BCUT2D eigenvalue weighted by atomic mass is 10.1. The first-order valence-corrected chi connectivity index (χ1v) is 6.61. The van der Waals surface area contributed by atoms with Gasteiger partial charge in [0.2, 0.25) is 0 Å². The summed E-state index contributed by atoms with van der Waals surface area (Å²) in [7, 11) is 0. The summed E-state index contributed by atoms with van der Waals surface area (Å²) in [5.74, 6) is -1.50. The minimum Gasteiger partial charge on any atom is -0.480 e. The van der Waals surface area contributed by atoms with E-state index in [4.69, 9.17) is 0 Å². The number of rotatable bonds is 4. The number of hydrogen-bond donors (Lipinski definition) is 1. The second-order valence-electron chi connectivity index (χ2n) is 4.28. The SMILES string of the molecule is O=C(O)C(Cc1ccc(F)cc1)n1ccc(Br)cc1=O. The average molecular weight is 340 g/mol. The van der Waals surface area contributed by atoms with E-state index >= 15 is 0 Å². The van der Waals surface area contributed by atoms with E-state index in [1.807, 2.05) is 0 Å². The molecule has 0 saturated carbocycles. The van der Waals surface area contributed by atoms with Crippen LogP contribution >= 0.6 is 15.9 Å². The molecule has 0 fully saturated rings. The van der Waals surface area contributed by atoms with Gasteiger partial charge < -0.3 is 9.67 Å². The molecule has 0 aliphatic heterocycles. The summed E-state index contributed by atoms with van der Waals surface area (Å²) in [5.41, 5.74) is 0.238. The zero-order valence-corrected chi connectivity index (χ0v) is 11.9. The predicted octanol–water partition coefficient (Wildman–Crippen LogP) is 2.62. The van der Waals surface area contributed by atoms with E-state index < -0.39 is 17.6 Å². The van der Waals surface area contributed by atoms with Crippen LogP contribution in [0.15, 0.2) is 51.9 Å². The van der Waals surface area contributed by atoms with Crippen LogP contribution in [0.5, 0.6) is 0 Å². The number of benzene rings is 1. The Morgan fingerprint density at radius 1 is 1.30 bits per heavy atom. The van der Waals surface area contributed by atoms with Crippen LogP contribution in [0.4, 0.5) is 4.39 Å². The van der Waals surface area contributed by atoms with Crippen molar-refractivity contribution in [1.29, 1.82) is 0 Å². The van der Waals surface area contributed by atoms with Crippen molar-refractivity contribution in [3.63, 3.8) is 0 Å². The molecule has 0 aliphatic rings. The Labute approximate surface area is 122 Å². The Balaban J connectivity index is 2.34. The summed E-state index contributed by atoms with van der Waals surface area (Å²) in [6.45, 7) is 0. The third-order valence-corrected chi connectivity index (χ3v) is 3.37. The second-order valence-corrected chi connectivity index (χ2v) is 5.19. The number of hydrogen-bond acceptors (Lipinski definition) is 2. The summed E-state index contributed by atoms with van der Waals surface area (Å²) in [5, 5.41) is 9.29. The molecule has 1 aromatic heterocycles. The van der Waals surface area contributed by atoms with Crippen molar-refractivity contribution in [2.75, 3.05) is 0 Å². The van der Waals surface area contributed by atoms with Gasteiger partial charge in [0.1, 0.15) is 11.9 Å². The van der Waals surface area contributed by atoms with Gasteiger partial charge in [-0.05, 0) is 23.8 Å². The molecule has 1 N–H and O–H groups in total. The van der Waals surface area contributed by atoms with Crippen LogP contribution in [0.2, 0.25) is 0 Å². The number of pyridine rings is 1. The summed E-state index contributed by atoms with van der Waals surface area (Å²) in [6, 6.07) is 7.42. The van der Waals surface area contributed by atoms with E-state index in [0.29, 0.717) is 10.0 Å². The summed E-state index contributed by atoms with van der Waals surface area (Å²) in [6.07, 6.45) is 1.53. The fourth-order valence-electron chi connectivity index (χ4n) is 1.87. The van der Waals surface area contributed by atoms with Crippen molar-refractivity contribution < 1.29 is 14.3 Å². The highest BCUT2D eigenvalue weighted by atomic mass is 79.9. The molecule has 0 radical (unpaired) electrons. The molecule has 6 heteroatoms. The first-order chi connectivity index (χ1) is 9.47. The molecule has 1 aromatic carbocycles. The largest absolute Gasteiger partial charge is 0.480 e. The molecule has 0 saturated heterocycles. The molecule has 0 bridgehead atoms. The summed E-state index contributed by atoms with van der Waals surface area (Å²) in [4.78, 5) is 23.2. The summed E-state index contributed by atoms with van der Waals surface area (Å²) < 4.78 is 14.6. The first kappa shape index (κ1) is 14.5. The van der Waals surface area contributed by atoms with Crippen LogP contribution in [0.1, 0.15) is 11.6 Å². The first-order valence-electron chi connectivity index (χ1n) is 5.82. The molecule has 0 amide bonds. The van der Waals surface area contributed by atoms with Gasteiger partial charge in [0, 0.05) is 23.2 Å². The number of aromatic nitrogens is 1. The Kier molecular flexibility index (Phi) is 4.34. The molecule has 104 valence electrons. The number of nitrogens with zero attached hydrogens (tertiary/aromatic N) is 1. The van der Waals surface area contributed by atoms with Crippen molar-refractivity contribution in [1.82, 2.24) is 4.57 Å². The minimum absolute atomic E-state index is 0.108. The van der Waals surface area contributed by atoms with E-state index in [2.05, 4.69) is 15.9 Å². The Morgan fingerprint density at radius 2 is 1.95 bits per heavy atom. The lowest BCUT2D eigenvalue weighted by molar-refractivity contribution is -0.141. The van der Waals surface area contributed by atoms with E-state index in [-0.39, 0.29) is 12.2 Å². The van der Waals surface area contributed by atoms with E-state index in [1.165, 1.54) is 36.5 Å². The predicted molar refractivity (Wildman–Crippen MR) is 75.2 cm³/mol. The Bertz CT molecular complexity index is 682. The van der Waals surface area contributed by atoms with Gasteiger partial charge in [-0.3, -0.25) is 4.79 Å². The maximum absolute atomic E-state index is 12.8. The van der Waals surface area contributed by atoms with E-state index in [0.717, 1.165) is 4.57 Å². The van der Waals surface area contributed by atoms with Crippen LogP contribution in [0.25, 0.3) is 0 Å². The van der Waals surface area contributed by atoms with Gasteiger partial charge in [0.15, 0.2) is 0 Å². The molecule has 1 heterocycles. The molecule has 2 aromatic rings. The number of carbonyl (C=O) groups is 1. The third-order valence-electron chi connectivity index (χ3n) is 2.87. The van der Waals surface area contributed by atoms with Crippen LogP contribution in [-0.4, -0.2) is 15.6 Å². The number of halogens is 2. The van der Waals surface area contributed by atoms with Crippen LogP contribution in [-0.2, 0) is 11.2 Å². The third kappa shape index (κ3) is 3.33. The summed E-state index contributed by atoms with van der Waals surface area (Å²) >= 11 is 3.15. The van der Waals surface area contributed by atoms with Crippen LogP contribution in [0.3, 0.4) is 0 Å². The maximum atomic E-state index is 12.8. The van der Waals surface area contributed by atoms with Crippen LogP contribution in [0, 0.1) is 5.82 Å². The maximum Gasteiger partial charge on any atom is 0.327 e. The Hall–Kier alpha value is -1.95. The molecule has 4 nitrogen and oxygen atoms in total. The normalized spacial score (nSPS) is 12.1. The monoisotopic (exact) mass is 339 g/mol. The zero-order chi connectivity index (χ0) is 14.7. The Morgan fingerprint density at radius 3 is 2.50 bits per heavy atom. The molecule has 1 unspecified atom stereocenters. The van der Waals surface area contributed by atoms with Gasteiger partial charge in [-0.25, -0.2) is 9.18 Å². The lowest BCUT2D eigenvalue weighted by Crippen LogP contribution is -2.30. The van der Waals surface area contributed by atoms with Gasteiger partial charge in [0.05, 0.1) is 0 Å². The van der Waals surface area contributed by atoms with Crippen molar-refractivity contribution in [3.8, 4) is 0 Å². The van der Waals surface area contributed by atoms with Gasteiger partial charge in [-0.2, -0.15) is 0 Å². The number of carboxylic acids is 1. The highest BCUT2D eigenvalue weighted by Crippen LogP contribution is 2.15. The molecule has 0 spiro atoms. The zero-order valence-electron chi connectivity index (χ0n) is 10.3.